The molecule has 0 aliphatic carbocycles. The van der Waals surface area contributed by atoms with Crippen LogP contribution >= 0.6 is 0 Å². The Hall–Kier alpha value is -0.0800. The second kappa shape index (κ2) is 6.58. The van der Waals surface area contributed by atoms with Gasteiger partial charge in [-0.25, -0.2) is 0 Å². The molecule has 2 heterocycles. The van der Waals surface area contributed by atoms with Crippen LogP contribution < -0.4 is 0 Å². The standard InChI is InChI=1S/C17H34N2/c1-5-6-7-8-9-10-17(2,3)19-13-15-11-18(4)12-16(15)14-19/h15-16H,5-14H2,1-4H3. The van der Waals surface area contributed by atoms with Crippen molar-refractivity contribution in [1.29, 1.82) is 0 Å². The first-order valence-corrected chi connectivity index (χ1v) is 8.46. The highest BCUT2D eigenvalue weighted by Crippen LogP contribution is 2.35. The van der Waals surface area contributed by atoms with Crippen LogP contribution in [0.3, 0.4) is 0 Å². The Labute approximate surface area is 120 Å². The van der Waals surface area contributed by atoms with Crippen molar-refractivity contribution in [2.75, 3.05) is 33.2 Å². The molecule has 2 nitrogen and oxygen atoms in total. The van der Waals surface area contributed by atoms with E-state index in [4.69, 9.17) is 0 Å². The first-order valence-electron chi connectivity index (χ1n) is 8.46. The molecule has 0 N–H and O–H groups in total. The molecule has 2 saturated heterocycles. The summed E-state index contributed by atoms with van der Waals surface area (Å²) in [5.41, 5.74) is 0.426. The molecule has 19 heavy (non-hydrogen) atoms. The molecular formula is C17H34N2. The fourth-order valence-electron chi connectivity index (χ4n) is 4.04. The van der Waals surface area contributed by atoms with Crippen LogP contribution in [0, 0.1) is 11.8 Å². The van der Waals surface area contributed by atoms with Gasteiger partial charge in [0.05, 0.1) is 0 Å². The maximum Gasteiger partial charge on any atom is 0.0153 e. The lowest BCUT2D eigenvalue weighted by Crippen LogP contribution is -2.43. The van der Waals surface area contributed by atoms with Gasteiger partial charge in [0.1, 0.15) is 0 Å². The van der Waals surface area contributed by atoms with Crippen LogP contribution in [0.4, 0.5) is 0 Å². The number of unbranched alkanes of at least 4 members (excludes halogenated alkanes) is 4. The average molecular weight is 266 g/mol. The summed E-state index contributed by atoms with van der Waals surface area (Å²) in [5.74, 6) is 1.90. The summed E-state index contributed by atoms with van der Waals surface area (Å²) in [6.45, 7) is 12.6. The van der Waals surface area contributed by atoms with Gasteiger partial charge in [-0.05, 0) is 39.2 Å². The Morgan fingerprint density at radius 2 is 1.47 bits per heavy atom. The highest BCUT2D eigenvalue weighted by atomic mass is 15.3. The summed E-state index contributed by atoms with van der Waals surface area (Å²) in [7, 11) is 2.28. The first-order chi connectivity index (χ1) is 9.03. The molecule has 2 aliphatic heterocycles. The van der Waals surface area contributed by atoms with Crippen LogP contribution in [-0.4, -0.2) is 48.6 Å². The van der Waals surface area contributed by atoms with Gasteiger partial charge < -0.3 is 4.90 Å². The SMILES string of the molecule is CCCCCCCC(C)(C)N1CC2CN(C)CC2C1. The van der Waals surface area contributed by atoms with Crippen molar-refractivity contribution in [3.63, 3.8) is 0 Å². The summed E-state index contributed by atoms with van der Waals surface area (Å²) in [6, 6.07) is 0. The summed E-state index contributed by atoms with van der Waals surface area (Å²) >= 11 is 0. The molecule has 0 spiro atoms. The fraction of sp³-hybridized carbons (Fsp3) is 1.00. The van der Waals surface area contributed by atoms with Crippen molar-refractivity contribution in [2.45, 2.75) is 64.8 Å². The van der Waals surface area contributed by atoms with E-state index in [0.717, 1.165) is 11.8 Å². The molecule has 0 aromatic heterocycles. The highest BCUT2D eigenvalue weighted by molar-refractivity contribution is 4.96. The average Bonchev–Trinajstić information content (AvgIpc) is 2.86. The van der Waals surface area contributed by atoms with Crippen molar-refractivity contribution in [2.24, 2.45) is 11.8 Å². The molecule has 0 radical (unpaired) electrons. The molecule has 2 heteroatoms. The van der Waals surface area contributed by atoms with Gasteiger partial charge in [0.25, 0.3) is 0 Å². The predicted octanol–water partition coefficient (Wildman–Crippen LogP) is 3.62. The smallest absolute Gasteiger partial charge is 0.0153 e. The number of hydrogen-bond acceptors (Lipinski definition) is 2. The Morgan fingerprint density at radius 3 is 2.05 bits per heavy atom. The minimum Gasteiger partial charge on any atom is -0.306 e. The third-order valence-corrected chi connectivity index (χ3v) is 5.42. The third kappa shape index (κ3) is 3.95. The minimum atomic E-state index is 0.426. The van der Waals surface area contributed by atoms with Gasteiger partial charge in [0.15, 0.2) is 0 Å². The Kier molecular flexibility index (Phi) is 5.30. The molecular weight excluding hydrogens is 232 g/mol. The van der Waals surface area contributed by atoms with Crippen LogP contribution in [0.25, 0.3) is 0 Å². The maximum atomic E-state index is 2.79. The molecule has 0 bridgehead atoms. The first kappa shape index (κ1) is 15.3. The molecule has 0 amide bonds. The zero-order valence-electron chi connectivity index (χ0n) is 13.6. The van der Waals surface area contributed by atoms with Crippen LogP contribution in [0.1, 0.15) is 59.3 Å². The molecule has 2 atom stereocenters. The van der Waals surface area contributed by atoms with Crippen LogP contribution in [-0.2, 0) is 0 Å². The van der Waals surface area contributed by atoms with Gasteiger partial charge in [0.2, 0.25) is 0 Å². The lowest BCUT2D eigenvalue weighted by Gasteiger charge is -2.37. The molecule has 2 rings (SSSR count). The van der Waals surface area contributed by atoms with Gasteiger partial charge in [-0.15, -0.1) is 0 Å². The topological polar surface area (TPSA) is 6.48 Å². The molecule has 0 saturated carbocycles. The summed E-state index contributed by atoms with van der Waals surface area (Å²) in [5, 5.41) is 0. The van der Waals surface area contributed by atoms with E-state index in [9.17, 15) is 0 Å². The van der Waals surface area contributed by atoms with Crippen molar-refractivity contribution >= 4 is 0 Å². The van der Waals surface area contributed by atoms with Gasteiger partial charge in [-0.1, -0.05) is 39.0 Å². The van der Waals surface area contributed by atoms with Gasteiger partial charge in [-0.2, -0.15) is 0 Å². The second-order valence-electron chi connectivity index (χ2n) is 7.62. The fourth-order valence-corrected chi connectivity index (χ4v) is 4.04. The molecule has 2 aliphatic rings. The minimum absolute atomic E-state index is 0.426. The van der Waals surface area contributed by atoms with Crippen LogP contribution in [0.15, 0.2) is 0 Å². The molecule has 112 valence electrons. The molecule has 2 unspecified atom stereocenters. The van der Waals surface area contributed by atoms with E-state index in [-0.39, 0.29) is 0 Å². The Bertz CT molecular complexity index is 260. The number of nitrogens with zero attached hydrogens (tertiary/aromatic N) is 2. The van der Waals surface area contributed by atoms with Crippen LogP contribution in [0.5, 0.6) is 0 Å². The van der Waals surface area contributed by atoms with Gasteiger partial charge >= 0.3 is 0 Å². The predicted molar refractivity (Wildman–Crippen MR) is 83.5 cm³/mol. The van der Waals surface area contributed by atoms with Crippen molar-refractivity contribution in [3.05, 3.63) is 0 Å². The van der Waals surface area contributed by atoms with E-state index in [0.29, 0.717) is 5.54 Å². The van der Waals surface area contributed by atoms with Gasteiger partial charge in [-0.3, -0.25) is 4.90 Å². The Morgan fingerprint density at radius 1 is 0.895 bits per heavy atom. The summed E-state index contributed by atoms with van der Waals surface area (Å²) in [4.78, 5) is 5.31. The molecule has 0 aromatic carbocycles. The Balaban J connectivity index is 1.72. The lowest BCUT2D eigenvalue weighted by molar-refractivity contribution is 0.123. The number of rotatable bonds is 7. The number of fused-ring (bicyclic) bond motifs is 1. The monoisotopic (exact) mass is 266 g/mol. The zero-order valence-corrected chi connectivity index (χ0v) is 13.6. The van der Waals surface area contributed by atoms with E-state index in [1.165, 1.54) is 64.7 Å². The molecule has 2 fully saturated rings. The number of likely N-dealkylation sites (tertiary alicyclic amines) is 2. The van der Waals surface area contributed by atoms with E-state index >= 15 is 0 Å². The maximum absolute atomic E-state index is 2.79. The second-order valence-corrected chi connectivity index (χ2v) is 7.62. The molecule has 0 aromatic rings. The largest absolute Gasteiger partial charge is 0.306 e. The van der Waals surface area contributed by atoms with E-state index in [2.05, 4.69) is 37.6 Å². The number of hydrogen-bond donors (Lipinski definition) is 0. The van der Waals surface area contributed by atoms with Crippen molar-refractivity contribution in [3.8, 4) is 0 Å². The highest BCUT2D eigenvalue weighted by Gasteiger charge is 2.42. The quantitative estimate of drug-likeness (QED) is 0.649. The lowest BCUT2D eigenvalue weighted by atomic mass is 9.94. The summed E-state index contributed by atoms with van der Waals surface area (Å²) in [6.07, 6.45) is 8.43. The van der Waals surface area contributed by atoms with Crippen molar-refractivity contribution < 1.29 is 0 Å². The summed E-state index contributed by atoms with van der Waals surface area (Å²) < 4.78 is 0. The zero-order chi connectivity index (χ0) is 13.9. The van der Waals surface area contributed by atoms with Crippen LogP contribution in [0.2, 0.25) is 0 Å². The van der Waals surface area contributed by atoms with E-state index in [1.807, 2.05) is 0 Å². The normalized spacial score (nSPS) is 29.1. The van der Waals surface area contributed by atoms with E-state index < -0.39 is 0 Å². The van der Waals surface area contributed by atoms with Crippen molar-refractivity contribution in [1.82, 2.24) is 9.80 Å². The third-order valence-electron chi connectivity index (χ3n) is 5.42. The van der Waals surface area contributed by atoms with E-state index in [1.54, 1.807) is 0 Å². The van der Waals surface area contributed by atoms with Gasteiger partial charge in [0, 0.05) is 31.7 Å².